The first-order chi connectivity index (χ1) is 9.60. The third-order valence-corrected chi connectivity index (χ3v) is 3.72. The number of rotatable bonds is 3. The first-order valence-electron chi connectivity index (χ1n) is 6.94. The Morgan fingerprint density at radius 1 is 1.45 bits per heavy atom. The number of hydrogen-bond acceptors (Lipinski definition) is 5. The molecule has 0 aliphatic carbocycles. The highest BCUT2D eigenvalue weighted by Crippen LogP contribution is 2.24. The molecular weight excluding hydrogens is 260 g/mol. The van der Waals surface area contributed by atoms with Crippen molar-refractivity contribution in [2.24, 2.45) is 0 Å². The molecule has 1 fully saturated rings. The van der Waals surface area contributed by atoms with Crippen LogP contribution in [0.2, 0.25) is 0 Å². The Kier molecular flexibility index (Phi) is 4.42. The average molecular weight is 280 g/mol. The van der Waals surface area contributed by atoms with Crippen LogP contribution in [-0.2, 0) is 16.0 Å². The van der Waals surface area contributed by atoms with Gasteiger partial charge in [0.25, 0.3) is 5.91 Å². The maximum Gasteiger partial charge on any atom is 0.328 e. The van der Waals surface area contributed by atoms with E-state index in [9.17, 15) is 9.59 Å². The van der Waals surface area contributed by atoms with E-state index >= 15 is 0 Å². The molecule has 20 heavy (non-hydrogen) atoms. The van der Waals surface area contributed by atoms with Crippen molar-refractivity contribution in [2.45, 2.75) is 45.6 Å². The number of piperidine rings is 1. The fourth-order valence-electron chi connectivity index (χ4n) is 2.63. The van der Waals surface area contributed by atoms with Crippen LogP contribution in [0.15, 0.2) is 4.52 Å². The minimum atomic E-state index is -0.500. The summed E-state index contributed by atoms with van der Waals surface area (Å²) in [6, 6.07) is -0.500. The van der Waals surface area contributed by atoms with E-state index in [-0.39, 0.29) is 11.9 Å². The lowest BCUT2D eigenvalue weighted by atomic mass is 10.00. The molecule has 1 saturated heterocycles. The molecule has 0 radical (unpaired) electrons. The topological polar surface area (TPSA) is 72.6 Å². The van der Waals surface area contributed by atoms with Crippen LogP contribution in [0.5, 0.6) is 0 Å². The molecule has 110 valence electrons. The molecule has 0 aromatic carbocycles. The van der Waals surface area contributed by atoms with Gasteiger partial charge in [0.05, 0.1) is 12.8 Å². The number of methoxy groups -OCH3 is 1. The Hall–Kier alpha value is -1.85. The number of aromatic nitrogens is 1. The second-order valence-electron chi connectivity index (χ2n) is 4.95. The summed E-state index contributed by atoms with van der Waals surface area (Å²) in [6.07, 6.45) is 3.08. The van der Waals surface area contributed by atoms with Gasteiger partial charge in [0.2, 0.25) is 0 Å². The summed E-state index contributed by atoms with van der Waals surface area (Å²) < 4.78 is 9.91. The van der Waals surface area contributed by atoms with E-state index in [1.54, 1.807) is 11.8 Å². The van der Waals surface area contributed by atoms with Gasteiger partial charge in [-0.3, -0.25) is 4.79 Å². The van der Waals surface area contributed by atoms with E-state index in [1.165, 1.54) is 7.11 Å². The summed E-state index contributed by atoms with van der Waals surface area (Å²) in [6.45, 7) is 4.20. The molecule has 0 unspecified atom stereocenters. The lowest BCUT2D eigenvalue weighted by Gasteiger charge is -2.33. The second kappa shape index (κ2) is 6.07. The number of hydrogen-bond donors (Lipinski definition) is 0. The van der Waals surface area contributed by atoms with Gasteiger partial charge in [0.1, 0.15) is 17.4 Å². The lowest BCUT2D eigenvalue weighted by molar-refractivity contribution is -0.147. The molecule has 1 aromatic heterocycles. The van der Waals surface area contributed by atoms with Gasteiger partial charge >= 0.3 is 5.97 Å². The number of amides is 1. The van der Waals surface area contributed by atoms with E-state index < -0.39 is 6.04 Å². The molecule has 1 aliphatic rings. The Labute approximate surface area is 118 Å². The normalized spacial score (nSPS) is 18.9. The first-order valence-corrected chi connectivity index (χ1v) is 6.94. The van der Waals surface area contributed by atoms with Crippen molar-refractivity contribution in [1.82, 2.24) is 10.1 Å². The number of ether oxygens (including phenoxy) is 1. The van der Waals surface area contributed by atoms with Crippen LogP contribution >= 0.6 is 0 Å². The maximum atomic E-state index is 12.7. The summed E-state index contributed by atoms with van der Waals surface area (Å²) in [7, 11) is 1.35. The van der Waals surface area contributed by atoms with Gasteiger partial charge in [-0.25, -0.2) is 4.79 Å². The maximum absolute atomic E-state index is 12.7. The van der Waals surface area contributed by atoms with Crippen molar-refractivity contribution < 1.29 is 18.8 Å². The van der Waals surface area contributed by atoms with Crippen molar-refractivity contribution in [3.05, 3.63) is 17.0 Å². The Morgan fingerprint density at radius 3 is 2.85 bits per heavy atom. The quantitative estimate of drug-likeness (QED) is 0.788. The number of carbonyl (C=O) groups excluding carboxylic acids is 2. The molecule has 1 amide bonds. The summed E-state index contributed by atoms with van der Waals surface area (Å²) >= 11 is 0. The summed E-state index contributed by atoms with van der Waals surface area (Å²) in [4.78, 5) is 26.1. The number of carbonyl (C=O) groups is 2. The SMILES string of the molecule is CCc1noc(C)c1C(=O)N1CCCC[C@@H]1C(=O)OC. The average Bonchev–Trinajstić information content (AvgIpc) is 2.86. The van der Waals surface area contributed by atoms with Gasteiger partial charge in [-0.2, -0.15) is 0 Å². The number of aryl methyl sites for hydroxylation is 2. The smallest absolute Gasteiger partial charge is 0.328 e. The van der Waals surface area contributed by atoms with E-state index in [4.69, 9.17) is 9.26 Å². The summed E-state index contributed by atoms with van der Waals surface area (Å²) in [5.41, 5.74) is 1.13. The molecule has 6 nitrogen and oxygen atoms in total. The van der Waals surface area contributed by atoms with E-state index in [1.807, 2.05) is 6.92 Å². The highest BCUT2D eigenvalue weighted by atomic mass is 16.5. The van der Waals surface area contributed by atoms with Crippen LogP contribution in [-0.4, -0.2) is 41.6 Å². The minimum Gasteiger partial charge on any atom is -0.467 e. The van der Waals surface area contributed by atoms with Crippen LogP contribution < -0.4 is 0 Å². The second-order valence-corrected chi connectivity index (χ2v) is 4.95. The number of esters is 1. The van der Waals surface area contributed by atoms with E-state index in [2.05, 4.69) is 5.16 Å². The summed E-state index contributed by atoms with van der Waals surface area (Å²) in [5.74, 6) is -0.0399. The minimum absolute atomic E-state index is 0.185. The first kappa shape index (κ1) is 14.6. The molecule has 1 atom stereocenters. The van der Waals surface area contributed by atoms with Crippen LogP contribution in [0.3, 0.4) is 0 Å². The zero-order valence-electron chi connectivity index (χ0n) is 12.1. The predicted molar refractivity (Wildman–Crippen MR) is 71.3 cm³/mol. The van der Waals surface area contributed by atoms with Crippen molar-refractivity contribution in [3.8, 4) is 0 Å². The Bertz CT molecular complexity index is 509. The zero-order valence-corrected chi connectivity index (χ0v) is 12.1. The third-order valence-electron chi connectivity index (χ3n) is 3.72. The monoisotopic (exact) mass is 280 g/mol. The van der Waals surface area contributed by atoms with Crippen LogP contribution in [0, 0.1) is 6.92 Å². The molecule has 0 saturated carbocycles. The molecule has 1 aromatic rings. The molecule has 2 heterocycles. The van der Waals surface area contributed by atoms with Crippen LogP contribution in [0.1, 0.15) is 48.0 Å². The van der Waals surface area contributed by atoms with E-state index in [0.717, 1.165) is 12.8 Å². The molecule has 1 aliphatic heterocycles. The highest BCUT2D eigenvalue weighted by molar-refractivity contribution is 5.98. The Morgan fingerprint density at radius 2 is 2.20 bits per heavy atom. The van der Waals surface area contributed by atoms with Gasteiger partial charge in [0, 0.05) is 6.54 Å². The molecule has 0 spiro atoms. The standard InChI is InChI=1S/C14H20N2O4/c1-4-10-12(9(2)20-15-10)13(17)16-8-6-5-7-11(16)14(18)19-3/h11H,4-8H2,1-3H3/t11-/m1/s1. The highest BCUT2D eigenvalue weighted by Gasteiger charge is 2.35. The van der Waals surface area contributed by atoms with Gasteiger partial charge in [-0.05, 0) is 32.6 Å². The molecule has 2 rings (SSSR count). The predicted octanol–water partition coefficient (Wildman–Crippen LogP) is 1.71. The lowest BCUT2D eigenvalue weighted by Crippen LogP contribution is -2.48. The fraction of sp³-hybridized carbons (Fsp3) is 0.643. The molecule has 6 heteroatoms. The van der Waals surface area contributed by atoms with Crippen molar-refractivity contribution in [1.29, 1.82) is 0 Å². The zero-order chi connectivity index (χ0) is 14.7. The van der Waals surface area contributed by atoms with Crippen molar-refractivity contribution >= 4 is 11.9 Å². The van der Waals surface area contributed by atoms with Gasteiger partial charge < -0.3 is 14.2 Å². The largest absolute Gasteiger partial charge is 0.467 e. The van der Waals surface area contributed by atoms with Gasteiger partial charge in [-0.1, -0.05) is 12.1 Å². The van der Waals surface area contributed by atoms with Gasteiger partial charge in [-0.15, -0.1) is 0 Å². The third kappa shape index (κ3) is 2.55. The van der Waals surface area contributed by atoms with E-state index in [0.29, 0.717) is 36.4 Å². The summed E-state index contributed by atoms with van der Waals surface area (Å²) in [5, 5.41) is 3.90. The van der Waals surface area contributed by atoms with Crippen LogP contribution in [0.4, 0.5) is 0 Å². The number of nitrogens with zero attached hydrogens (tertiary/aromatic N) is 2. The van der Waals surface area contributed by atoms with Crippen molar-refractivity contribution in [3.63, 3.8) is 0 Å². The molecular formula is C14H20N2O4. The van der Waals surface area contributed by atoms with Crippen LogP contribution in [0.25, 0.3) is 0 Å². The van der Waals surface area contributed by atoms with Gasteiger partial charge in [0.15, 0.2) is 0 Å². The Balaban J connectivity index is 2.30. The molecule has 0 bridgehead atoms. The molecule has 0 N–H and O–H groups in total. The van der Waals surface area contributed by atoms with Crippen molar-refractivity contribution in [2.75, 3.05) is 13.7 Å². The fourth-order valence-corrected chi connectivity index (χ4v) is 2.63. The number of likely N-dealkylation sites (tertiary alicyclic amines) is 1.